The van der Waals surface area contributed by atoms with Crippen molar-refractivity contribution in [1.29, 1.82) is 0 Å². The van der Waals surface area contributed by atoms with Crippen molar-refractivity contribution in [3.8, 4) is 0 Å². The third kappa shape index (κ3) is 1.68. The van der Waals surface area contributed by atoms with Gasteiger partial charge < -0.3 is 10.0 Å². The molecule has 0 aromatic carbocycles. The Morgan fingerprint density at radius 2 is 2.33 bits per heavy atom. The van der Waals surface area contributed by atoms with Crippen molar-refractivity contribution in [1.82, 2.24) is 4.90 Å². The van der Waals surface area contributed by atoms with Gasteiger partial charge in [0.2, 0.25) is 0 Å². The minimum absolute atomic E-state index is 0.338. The van der Waals surface area contributed by atoms with Crippen LogP contribution in [0.15, 0.2) is 0 Å². The van der Waals surface area contributed by atoms with Gasteiger partial charge in [0.05, 0.1) is 6.42 Å². The fraction of sp³-hybridized carbons (Fsp3) is 0.833. The molecular weight excluding hydrogens is 118 g/mol. The molecule has 0 atom stereocenters. The molecule has 52 valence electrons. The van der Waals surface area contributed by atoms with Crippen molar-refractivity contribution in [3.05, 3.63) is 0 Å². The Morgan fingerprint density at radius 1 is 1.78 bits per heavy atom. The average Bonchev–Trinajstić information content (AvgIpc) is 1.60. The third-order valence-corrected chi connectivity index (χ3v) is 1.60. The maximum atomic E-state index is 10.1. The van der Waals surface area contributed by atoms with Gasteiger partial charge in [0, 0.05) is 13.1 Å². The van der Waals surface area contributed by atoms with Gasteiger partial charge in [-0.25, -0.2) is 0 Å². The predicted molar refractivity (Wildman–Crippen MR) is 33.2 cm³/mol. The zero-order valence-electron chi connectivity index (χ0n) is 5.50. The van der Waals surface area contributed by atoms with E-state index >= 15 is 0 Å². The van der Waals surface area contributed by atoms with E-state index in [1.807, 2.05) is 7.05 Å². The molecule has 0 saturated carbocycles. The maximum absolute atomic E-state index is 10.1. The molecule has 1 heterocycles. The molecule has 1 aliphatic rings. The Bertz CT molecular complexity index is 118. The van der Waals surface area contributed by atoms with Gasteiger partial charge >= 0.3 is 5.97 Å². The van der Waals surface area contributed by atoms with Crippen LogP contribution < -0.4 is 0 Å². The minimum Gasteiger partial charge on any atom is -0.481 e. The first-order valence-electron chi connectivity index (χ1n) is 3.09. The summed E-state index contributed by atoms with van der Waals surface area (Å²) < 4.78 is 0. The van der Waals surface area contributed by atoms with Crippen molar-refractivity contribution in [2.75, 3.05) is 20.1 Å². The summed E-state index contributed by atoms with van der Waals surface area (Å²) in [5.74, 6) is -0.263. The number of nitrogens with zero attached hydrogens (tertiary/aromatic N) is 1. The summed E-state index contributed by atoms with van der Waals surface area (Å²) in [5.41, 5.74) is 0. The number of hydrogen-bond donors (Lipinski definition) is 1. The van der Waals surface area contributed by atoms with Gasteiger partial charge in [-0.1, -0.05) is 0 Å². The van der Waals surface area contributed by atoms with Gasteiger partial charge in [-0.15, -0.1) is 0 Å². The Hall–Kier alpha value is -0.570. The molecule has 0 bridgehead atoms. The van der Waals surface area contributed by atoms with E-state index in [4.69, 9.17) is 5.11 Å². The van der Waals surface area contributed by atoms with Crippen LogP contribution in [0, 0.1) is 5.92 Å². The second-order valence-corrected chi connectivity index (χ2v) is 2.69. The number of rotatable bonds is 2. The van der Waals surface area contributed by atoms with Crippen molar-refractivity contribution in [3.63, 3.8) is 0 Å². The van der Waals surface area contributed by atoms with Crippen LogP contribution in [0.25, 0.3) is 0 Å². The van der Waals surface area contributed by atoms with E-state index in [1.165, 1.54) is 0 Å². The van der Waals surface area contributed by atoms with E-state index < -0.39 is 5.97 Å². The molecule has 1 aliphatic heterocycles. The number of aliphatic carboxylic acids is 1. The molecule has 0 aliphatic carbocycles. The molecule has 3 nitrogen and oxygen atoms in total. The summed E-state index contributed by atoms with van der Waals surface area (Å²) in [6, 6.07) is 0. The molecule has 3 heteroatoms. The fourth-order valence-corrected chi connectivity index (χ4v) is 1.20. The smallest absolute Gasteiger partial charge is 0.303 e. The number of carbonyl (C=O) groups is 1. The molecule has 9 heavy (non-hydrogen) atoms. The lowest BCUT2D eigenvalue weighted by atomic mass is 9.98. The molecule has 0 amide bonds. The minimum atomic E-state index is -0.673. The van der Waals surface area contributed by atoms with Crippen LogP contribution in [-0.2, 0) is 4.79 Å². The molecule has 0 radical (unpaired) electrons. The highest BCUT2D eigenvalue weighted by Crippen LogP contribution is 2.15. The summed E-state index contributed by atoms with van der Waals surface area (Å²) in [7, 11) is 2.00. The van der Waals surface area contributed by atoms with Crippen molar-refractivity contribution in [2.45, 2.75) is 6.42 Å². The highest BCUT2D eigenvalue weighted by Gasteiger charge is 2.24. The molecule has 0 unspecified atom stereocenters. The lowest BCUT2D eigenvalue weighted by Gasteiger charge is -2.35. The maximum Gasteiger partial charge on any atom is 0.303 e. The van der Waals surface area contributed by atoms with E-state index in [0.29, 0.717) is 12.3 Å². The summed E-state index contributed by atoms with van der Waals surface area (Å²) in [6.07, 6.45) is 0.338. The van der Waals surface area contributed by atoms with Crippen LogP contribution in [-0.4, -0.2) is 36.1 Å². The zero-order chi connectivity index (χ0) is 6.85. The molecule has 0 spiro atoms. The lowest BCUT2D eigenvalue weighted by molar-refractivity contribution is -0.139. The molecule has 1 rings (SSSR count). The average molecular weight is 129 g/mol. The van der Waals surface area contributed by atoms with Gasteiger partial charge in [-0.05, 0) is 13.0 Å². The van der Waals surface area contributed by atoms with Crippen molar-refractivity contribution in [2.24, 2.45) is 5.92 Å². The summed E-state index contributed by atoms with van der Waals surface area (Å²) in [4.78, 5) is 12.2. The van der Waals surface area contributed by atoms with Crippen LogP contribution in [0.1, 0.15) is 6.42 Å². The highest BCUT2D eigenvalue weighted by atomic mass is 16.4. The van der Waals surface area contributed by atoms with Gasteiger partial charge in [-0.3, -0.25) is 4.79 Å². The quantitative estimate of drug-likeness (QED) is 0.571. The summed E-state index contributed by atoms with van der Waals surface area (Å²) in [6.45, 7) is 1.90. The number of carboxylic acids is 1. The predicted octanol–water partition coefficient (Wildman–Crippen LogP) is 0.0227. The van der Waals surface area contributed by atoms with E-state index in [9.17, 15) is 4.79 Å². The van der Waals surface area contributed by atoms with Crippen molar-refractivity contribution >= 4 is 5.97 Å². The van der Waals surface area contributed by atoms with E-state index in [0.717, 1.165) is 13.1 Å². The molecular formula is C6H11NO2. The Morgan fingerprint density at radius 3 is 2.67 bits per heavy atom. The monoisotopic (exact) mass is 129 g/mol. The SMILES string of the molecule is CN1CC(CC(=O)O)C1. The zero-order valence-corrected chi connectivity index (χ0v) is 5.50. The van der Waals surface area contributed by atoms with Gasteiger partial charge in [0.25, 0.3) is 0 Å². The van der Waals surface area contributed by atoms with Crippen LogP contribution in [0.5, 0.6) is 0 Å². The van der Waals surface area contributed by atoms with Crippen molar-refractivity contribution < 1.29 is 9.90 Å². The van der Waals surface area contributed by atoms with E-state index in [1.54, 1.807) is 0 Å². The number of hydrogen-bond acceptors (Lipinski definition) is 2. The standard InChI is InChI=1S/C6H11NO2/c1-7-3-5(4-7)2-6(8)9/h5H,2-4H2,1H3,(H,8,9). The number of likely N-dealkylation sites (tertiary alicyclic amines) is 1. The first-order chi connectivity index (χ1) is 4.18. The molecule has 1 saturated heterocycles. The Balaban J connectivity index is 2.11. The molecule has 1 fully saturated rings. The summed E-state index contributed by atoms with van der Waals surface area (Å²) in [5, 5.41) is 8.32. The molecule has 0 aromatic rings. The van der Waals surface area contributed by atoms with E-state index in [2.05, 4.69) is 4.90 Å². The molecule has 0 aromatic heterocycles. The lowest BCUT2D eigenvalue weighted by Crippen LogP contribution is -2.44. The number of carboxylic acid groups (broad SMARTS) is 1. The van der Waals surface area contributed by atoms with Crippen LogP contribution >= 0.6 is 0 Å². The van der Waals surface area contributed by atoms with E-state index in [-0.39, 0.29) is 0 Å². The molecule has 1 N–H and O–H groups in total. The second-order valence-electron chi connectivity index (χ2n) is 2.69. The third-order valence-electron chi connectivity index (χ3n) is 1.60. The highest BCUT2D eigenvalue weighted by molar-refractivity contribution is 5.67. The Kier molecular flexibility index (Phi) is 1.71. The second kappa shape index (κ2) is 2.35. The van der Waals surface area contributed by atoms with Gasteiger partial charge in [0.15, 0.2) is 0 Å². The van der Waals surface area contributed by atoms with Gasteiger partial charge in [-0.2, -0.15) is 0 Å². The largest absolute Gasteiger partial charge is 0.481 e. The van der Waals surface area contributed by atoms with Crippen LogP contribution in [0.4, 0.5) is 0 Å². The van der Waals surface area contributed by atoms with Crippen LogP contribution in [0.3, 0.4) is 0 Å². The van der Waals surface area contributed by atoms with Crippen LogP contribution in [0.2, 0.25) is 0 Å². The first kappa shape index (κ1) is 6.55. The van der Waals surface area contributed by atoms with Gasteiger partial charge in [0.1, 0.15) is 0 Å². The Labute approximate surface area is 54.3 Å². The first-order valence-corrected chi connectivity index (χ1v) is 3.09. The normalized spacial score (nSPS) is 21.4. The summed E-state index contributed by atoms with van der Waals surface area (Å²) >= 11 is 0. The topological polar surface area (TPSA) is 40.5 Å². The fourth-order valence-electron chi connectivity index (χ4n) is 1.20.